The number of nitrogens with one attached hydrogen (secondary N) is 2. The third kappa shape index (κ3) is 4.64. The average Bonchev–Trinajstić information content (AvgIpc) is 2.77. The van der Waals surface area contributed by atoms with Gasteiger partial charge in [-0.2, -0.15) is 0 Å². The Morgan fingerprint density at radius 3 is 2.63 bits per heavy atom. The highest BCUT2D eigenvalue weighted by Crippen LogP contribution is 2.30. The van der Waals surface area contributed by atoms with Gasteiger partial charge < -0.3 is 14.7 Å². The molecule has 1 aromatic carbocycles. The molecule has 102 valence electrons. The largest absolute Gasteiger partial charge is 0.478 e. The summed E-state index contributed by atoms with van der Waals surface area (Å²) < 4.78 is 8.94. The summed E-state index contributed by atoms with van der Waals surface area (Å²) in [6, 6.07) is 6.14. The summed E-state index contributed by atoms with van der Waals surface area (Å²) in [6.45, 7) is 2.06. The van der Waals surface area contributed by atoms with E-state index in [1.165, 1.54) is 0 Å². The maximum absolute atomic E-state index is 6.00. The molecule has 1 atom stereocenters. The van der Waals surface area contributed by atoms with Crippen molar-refractivity contribution < 1.29 is 4.74 Å². The van der Waals surface area contributed by atoms with Crippen LogP contribution in [0.4, 0.5) is 0 Å². The van der Waals surface area contributed by atoms with Crippen LogP contribution in [-0.2, 0) is 5.75 Å². The number of benzene rings is 1. The SMILES string of the molecule is CC(Oc1c(I)cccc1I)SCc1c[nH]c(=S)[nH]1. The maximum Gasteiger partial charge on any atom is 0.174 e. The van der Waals surface area contributed by atoms with Crippen molar-refractivity contribution in [2.45, 2.75) is 18.1 Å². The predicted octanol–water partition coefficient (Wildman–Crippen LogP) is 4.94. The summed E-state index contributed by atoms with van der Waals surface area (Å²) >= 11 is 11.3. The molecule has 0 saturated heterocycles. The lowest BCUT2D eigenvalue weighted by atomic mass is 10.3. The van der Waals surface area contributed by atoms with Crippen molar-refractivity contribution in [2.24, 2.45) is 0 Å². The van der Waals surface area contributed by atoms with Gasteiger partial charge in [0.05, 0.1) is 7.14 Å². The van der Waals surface area contributed by atoms with Crippen LogP contribution in [0.15, 0.2) is 24.4 Å². The van der Waals surface area contributed by atoms with Gasteiger partial charge >= 0.3 is 0 Å². The van der Waals surface area contributed by atoms with Crippen LogP contribution < -0.4 is 4.74 Å². The molecule has 2 aromatic rings. The highest BCUT2D eigenvalue weighted by Gasteiger charge is 2.11. The van der Waals surface area contributed by atoms with Crippen LogP contribution in [0.2, 0.25) is 0 Å². The number of thioether (sulfide) groups is 1. The van der Waals surface area contributed by atoms with Gasteiger partial charge in [0.1, 0.15) is 11.2 Å². The molecule has 0 saturated carbocycles. The smallest absolute Gasteiger partial charge is 0.174 e. The van der Waals surface area contributed by atoms with Crippen LogP contribution >= 0.6 is 69.2 Å². The molecule has 1 unspecified atom stereocenters. The number of hydrogen-bond donors (Lipinski definition) is 2. The van der Waals surface area contributed by atoms with Gasteiger partial charge in [0.15, 0.2) is 4.77 Å². The fourth-order valence-electron chi connectivity index (χ4n) is 1.45. The van der Waals surface area contributed by atoms with Gasteiger partial charge in [-0.15, -0.1) is 11.8 Å². The first kappa shape index (κ1) is 15.6. The zero-order chi connectivity index (χ0) is 13.8. The standard InChI is InChI=1S/C12H12I2N2OS2/c1-7(19-6-8-5-15-12(18)16-8)17-11-9(13)3-2-4-10(11)14/h2-5,7H,6H2,1H3,(H2,15,16,18). The van der Waals surface area contributed by atoms with Gasteiger partial charge in [-0.3, -0.25) is 0 Å². The highest BCUT2D eigenvalue weighted by atomic mass is 127. The fourth-order valence-corrected chi connectivity index (χ4v) is 4.14. The minimum atomic E-state index is 0.0845. The Morgan fingerprint density at radius 2 is 2.05 bits per heavy atom. The van der Waals surface area contributed by atoms with Crippen molar-refractivity contribution in [1.29, 1.82) is 0 Å². The van der Waals surface area contributed by atoms with Gasteiger partial charge in [0, 0.05) is 17.6 Å². The molecule has 0 aliphatic carbocycles. The number of aromatic nitrogens is 2. The normalized spacial score (nSPS) is 12.4. The van der Waals surface area contributed by atoms with Crippen molar-refractivity contribution in [1.82, 2.24) is 9.97 Å². The highest BCUT2D eigenvalue weighted by molar-refractivity contribution is 14.1. The third-order valence-corrected chi connectivity index (χ3v) is 5.29. The fraction of sp³-hybridized carbons (Fsp3) is 0.250. The molecule has 2 N–H and O–H groups in total. The van der Waals surface area contributed by atoms with E-state index < -0.39 is 0 Å². The number of imidazole rings is 1. The summed E-state index contributed by atoms with van der Waals surface area (Å²) in [4.78, 5) is 6.06. The molecule has 2 rings (SSSR count). The Labute approximate surface area is 148 Å². The van der Waals surface area contributed by atoms with Crippen molar-refractivity contribution in [3.63, 3.8) is 0 Å². The van der Waals surface area contributed by atoms with E-state index in [9.17, 15) is 0 Å². The van der Waals surface area contributed by atoms with E-state index in [0.717, 1.165) is 24.3 Å². The molecule has 0 aliphatic heterocycles. The van der Waals surface area contributed by atoms with Gasteiger partial charge in [0.2, 0.25) is 0 Å². The van der Waals surface area contributed by atoms with E-state index in [1.807, 2.05) is 12.3 Å². The Bertz CT molecular complexity index is 592. The molecular formula is C12H12I2N2OS2. The number of rotatable bonds is 5. The number of ether oxygens (including phenoxy) is 1. The van der Waals surface area contributed by atoms with Crippen LogP contribution in [0, 0.1) is 11.9 Å². The van der Waals surface area contributed by atoms with Crippen LogP contribution in [0.25, 0.3) is 0 Å². The van der Waals surface area contributed by atoms with Crippen molar-refractivity contribution >= 4 is 69.2 Å². The third-order valence-electron chi connectivity index (χ3n) is 2.33. The van der Waals surface area contributed by atoms with Gasteiger partial charge in [-0.1, -0.05) is 6.07 Å². The molecule has 1 heterocycles. The van der Waals surface area contributed by atoms with E-state index >= 15 is 0 Å². The lowest BCUT2D eigenvalue weighted by Crippen LogP contribution is -2.09. The lowest BCUT2D eigenvalue weighted by molar-refractivity contribution is 0.303. The first-order chi connectivity index (χ1) is 9.06. The summed E-state index contributed by atoms with van der Waals surface area (Å²) in [5.41, 5.74) is 1.17. The second-order valence-corrected chi connectivity index (χ2v) is 7.83. The number of para-hydroxylation sites is 1. The quantitative estimate of drug-likeness (QED) is 0.335. The predicted molar refractivity (Wildman–Crippen MR) is 99.2 cm³/mol. The van der Waals surface area contributed by atoms with E-state index in [-0.39, 0.29) is 5.44 Å². The molecule has 1 aromatic heterocycles. The number of halogens is 2. The molecule has 7 heteroatoms. The van der Waals surface area contributed by atoms with Crippen molar-refractivity contribution in [3.8, 4) is 5.75 Å². The van der Waals surface area contributed by atoms with Gasteiger partial charge in [0.25, 0.3) is 0 Å². The Morgan fingerprint density at radius 1 is 1.37 bits per heavy atom. The Kier molecular flexibility index (Phi) is 6.03. The number of H-pyrrole nitrogens is 2. The maximum atomic E-state index is 6.00. The van der Waals surface area contributed by atoms with E-state index in [1.54, 1.807) is 11.8 Å². The zero-order valence-electron chi connectivity index (χ0n) is 10.1. The molecule has 0 radical (unpaired) electrons. The topological polar surface area (TPSA) is 40.8 Å². The molecule has 0 bridgehead atoms. The van der Waals surface area contributed by atoms with Crippen LogP contribution in [0.1, 0.15) is 12.6 Å². The molecule has 3 nitrogen and oxygen atoms in total. The second-order valence-electron chi connectivity index (χ2n) is 3.82. The number of hydrogen-bond acceptors (Lipinski definition) is 3. The van der Waals surface area contributed by atoms with E-state index in [4.69, 9.17) is 17.0 Å². The summed E-state index contributed by atoms with van der Waals surface area (Å²) in [5.74, 6) is 1.81. The van der Waals surface area contributed by atoms with Crippen LogP contribution in [-0.4, -0.2) is 15.4 Å². The minimum absolute atomic E-state index is 0.0845. The summed E-state index contributed by atoms with van der Waals surface area (Å²) in [7, 11) is 0. The van der Waals surface area contributed by atoms with Crippen molar-refractivity contribution in [3.05, 3.63) is 42.0 Å². The zero-order valence-corrected chi connectivity index (χ0v) is 16.0. The van der Waals surface area contributed by atoms with Gasteiger partial charge in [-0.25, -0.2) is 0 Å². The molecule has 0 spiro atoms. The molecule has 0 amide bonds. The number of aromatic amines is 2. The first-order valence-electron chi connectivity index (χ1n) is 5.55. The Hall–Kier alpha value is 0.260. The first-order valence-corrected chi connectivity index (χ1v) is 9.16. The summed E-state index contributed by atoms with van der Waals surface area (Å²) in [6.07, 6.45) is 1.90. The van der Waals surface area contributed by atoms with Crippen LogP contribution in [0.5, 0.6) is 5.75 Å². The van der Waals surface area contributed by atoms with Gasteiger partial charge in [-0.05, 0) is 76.5 Å². The molecular weight excluding hydrogens is 506 g/mol. The van der Waals surface area contributed by atoms with Crippen molar-refractivity contribution in [2.75, 3.05) is 0 Å². The second kappa shape index (κ2) is 7.32. The minimum Gasteiger partial charge on any atom is -0.478 e. The molecule has 19 heavy (non-hydrogen) atoms. The Balaban J connectivity index is 1.94. The summed E-state index contributed by atoms with van der Waals surface area (Å²) in [5, 5.41) is 0. The lowest BCUT2D eigenvalue weighted by Gasteiger charge is -2.16. The van der Waals surface area contributed by atoms with E-state index in [0.29, 0.717) is 4.77 Å². The molecule has 0 fully saturated rings. The van der Waals surface area contributed by atoms with E-state index in [2.05, 4.69) is 74.2 Å². The average molecular weight is 518 g/mol. The van der Waals surface area contributed by atoms with Crippen LogP contribution in [0.3, 0.4) is 0 Å². The monoisotopic (exact) mass is 518 g/mol. The molecule has 0 aliphatic rings.